The maximum Gasteiger partial charge on any atom is 0.248 e. The van der Waals surface area contributed by atoms with E-state index in [2.05, 4.69) is 13.8 Å². The number of hydrogen-bond donors (Lipinski definition) is 0. The second kappa shape index (κ2) is 6.55. The largest absolute Gasteiger partial charge is 0.366 e. The van der Waals surface area contributed by atoms with Crippen LogP contribution in [0.1, 0.15) is 53.9 Å². The molecule has 0 bridgehead atoms. The lowest BCUT2D eigenvalue weighted by Gasteiger charge is -2.24. The van der Waals surface area contributed by atoms with Crippen molar-refractivity contribution in [2.24, 2.45) is 11.8 Å². The summed E-state index contributed by atoms with van der Waals surface area (Å²) in [5.74, 6) is 1.64. The van der Waals surface area contributed by atoms with Gasteiger partial charge in [0.1, 0.15) is 6.61 Å². The predicted molar refractivity (Wildman–Crippen MR) is 74.5 cm³/mol. The molecule has 1 unspecified atom stereocenters. The highest BCUT2D eigenvalue weighted by Crippen LogP contribution is 2.24. The number of likely N-dealkylation sites (tertiary alicyclic amines) is 1. The Morgan fingerprint density at radius 3 is 2.50 bits per heavy atom. The first-order chi connectivity index (χ1) is 8.29. The van der Waals surface area contributed by atoms with Crippen LogP contribution in [0.25, 0.3) is 0 Å². The Morgan fingerprint density at radius 2 is 1.94 bits per heavy atom. The number of rotatable bonds is 3. The van der Waals surface area contributed by atoms with E-state index in [0.29, 0.717) is 0 Å². The molecule has 0 aromatic heterocycles. The molecule has 1 atom stereocenters. The van der Waals surface area contributed by atoms with Gasteiger partial charge in [0.05, 0.1) is 5.60 Å². The SMILES string of the molecule is CC(C)C1CCCN(C(=O)COC(C)(C)C)CC1. The molecule has 0 spiro atoms. The normalized spacial score (nSPS) is 22.1. The zero-order valence-electron chi connectivity index (χ0n) is 12.7. The van der Waals surface area contributed by atoms with Crippen LogP contribution in [0.3, 0.4) is 0 Å². The molecule has 106 valence electrons. The Hall–Kier alpha value is -0.570. The standard InChI is InChI=1S/C15H29NO2/c1-12(2)13-7-6-9-16(10-8-13)14(17)11-18-15(3,4)5/h12-13H,6-11H2,1-5H3. The van der Waals surface area contributed by atoms with Gasteiger partial charge in [-0.3, -0.25) is 4.79 Å². The maximum absolute atomic E-state index is 12.1. The van der Waals surface area contributed by atoms with E-state index in [9.17, 15) is 4.79 Å². The minimum atomic E-state index is -0.234. The summed E-state index contributed by atoms with van der Waals surface area (Å²) in [6.45, 7) is 12.5. The summed E-state index contributed by atoms with van der Waals surface area (Å²) in [7, 11) is 0. The van der Waals surface area contributed by atoms with Crippen molar-refractivity contribution in [3.63, 3.8) is 0 Å². The molecule has 0 saturated carbocycles. The van der Waals surface area contributed by atoms with E-state index in [0.717, 1.165) is 37.8 Å². The van der Waals surface area contributed by atoms with Gasteiger partial charge in [0.25, 0.3) is 0 Å². The molecule has 1 heterocycles. The second-order valence-corrected chi connectivity index (χ2v) is 6.72. The van der Waals surface area contributed by atoms with E-state index < -0.39 is 0 Å². The van der Waals surface area contributed by atoms with E-state index in [-0.39, 0.29) is 18.1 Å². The molecule has 0 aromatic rings. The van der Waals surface area contributed by atoms with Crippen molar-refractivity contribution in [3.05, 3.63) is 0 Å². The van der Waals surface area contributed by atoms with Gasteiger partial charge >= 0.3 is 0 Å². The molecule has 18 heavy (non-hydrogen) atoms. The molecule has 3 heteroatoms. The van der Waals surface area contributed by atoms with E-state index in [1.54, 1.807) is 0 Å². The topological polar surface area (TPSA) is 29.5 Å². The summed E-state index contributed by atoms with van der Waals surface area (Å²) in [6.07, 6.45) is 3.52. The van der Waals surface area contributed by atoms with E-state index >= 15 is 0 Å². The fourth-order valence-corrected chi connectivity index (χ4v) is 2.41. The van der Waals surface area contributed by atoms with Crippen molar-refractivity contribution in [3.8, 4) is 0 Å². The lowest BCUT2D eigenvalue weighted by atomic mass is 9.89. The fraction of sp³-hybridized carbons (Fsp3) is 0.933. The van der Waals surface area contributed by atoms with Crippen LogP contribution >= 0.6 is 0 Å². The Labute approximate surface area is 112 Å². The summed E-state index contributed by atoms with van der Waals surface area (Å²) in [5.41, 5.74) is -0.234. The third-order valence-corrected chi connectivity index (χ3v) is 3.70. The van der Waals surface area contributed by atoms with Crippen LogP contribution in [-0.2, 0) is 9.53 Å². The zero-order valence-corrected chi connectivity index (χ0v) is 12.7. The highest BCUT2D eigenvalue weighted by molar-refractivity contribution is 5.77. The monoisotopic (exact) mass is 255 g/mol. The molecule has 0 N–H and O–H groups in total. The van der Waals surface area contributed by atoms with Crippen molar-refractivity contribution in [1.29, 1.82) is 0 Å². The van der Waals surface area contributed by atoms with E-state index in [1.165, 1.54) is 6.42 Å². The average molecular weight is 255 g/mol. The third-order valence-electron chi connectivity index (χ3n) is 3.70. The van der Waals surface area contributed by atoms with Gasteiger partial charge in [-0.15, -0.1) is 0 Å². The molecule has 1 aliphatic rings. The van der Waals surface area contributed by atoms with Crippen molar-refractivity contribution < 1.29 is 9.53 Å². The molecule has 0 aromatic carbocycles. The third kappa shape index (κ3) is 5.38. The Morgan fingerprint density at radius 1 is 1.28 bits per heavy atom. The highest BCUT2D eigenvalue weighted by Gasteiger charge is 2.23. The Kier molecular flexibility index (Phi) is 5.64. The minimum Gasteiger partial charge on any atom is -0.366 e. The van der Waals surface area contributed by atoms with Crippen molar-refractivity contribution in [2.45, 2.75) is 59.5 Å². The molecule has 0 radical (unpaired) electrons. The molecule has 3 nitrogen and oxygen atoms in total. The number of nitrogens with zero attached hydrogens (tertiary/aromatic N) is 1. The number of carbonyl (C=O) groups is 1. The molecule has 1 rings (SSSR count). The Bertz CT molecular complexity index is 268. The molecule has 1 aliphatic heterocycles. The van der Waals surface area contributed by atoms with Crippen LogP contribution in [-0.4, -0.2) is 36.1 Å². The van der Waals surface area contributed by atoms with Crippen molar-refractivity contribution in [1.82, 2.24) is 4.90 Å². The van der Waals surface area contributed by atoms with Gasteiger partial charge < -0.3 is 9.64 Å². The number of ether oxygens (including phenoxy) is 1. The first kappa shape index (κ1) is 15.5. The second-order valence-electron chi connectivity index (χ2n) is 6.72. The van der Waals surface area contributed by atoms with Crippen LogP contribution < -0.4 is 0 Å². The molecule has 1 saturated heterocycles. The van der Waals surface area contributed by atoms with Crippen LogP contribution in [0.15, 0.2) is 0 Å². The number of hydrogen-bond acceptors (Lipinski definition) is 2. The van der Waals surface area contributed by atoms with Crippen molar-refractivity contribution >= 4 is 5.91 Å². The van der Waals surface area contributed by atoms with Crippen LogP contribution in [0.2, 0.25) is 0 Å². The van der Waals surface area contributed by atoms with Gasteiger partial charge in [-0.25, -0.2) is 0 Å². The summed E-state index contributed by atoms with van der Waals surface area (Å²) in [6, 6.07) is 0. The first-order valence-electron chi connectivity index (χ1n) is 7.21. The van der Waals surface area contributed by atoms with E-state index in [1.807, 2.05) is 25.7 Å². The van der Waals surface area contributed by atoms with Crippen LogP contribution in [0.5, 0.6) is 0 Å². The summed E-state index contributed by atoms with van der Waals surface area (Å²) >= 11 is 0. The Balaban J connectivity index is 2.40. The summed E-state index contributed by atoms with van der Waals surface area (Å²) in [4.78, 5) is 14.1. The quantitative estimate of drug-likeness (QED) is 0.775. The molecule has 0 aliphatic carbocycles. The van der Waals surface area contributed by atoms with E-state index in [4.69, 9.17) is 4.74 Å². The predicted octanol–water partition coefficient (Wildman–Crippen LogP) is 3.09. The van der Waals surface area contributed by atoms with Gasteiger partial charge in [0, 0.05) is 13.1 Å². The fourth-order valence-electron chi connectivity index (χ4n) is 2.41. The number of carbonyl (C=O) groups excluding carboxylic acids is 1. The van der Waals surface area contributed by atoms with Gasteiger partial charge in [0.15, 0.2) is 0 Å². The van der Waals surface area contributed by atoms with Gasteiger partial charge in [-0.05, 0) is 51.9 Å². The highest BCUT2D eigenvalue weighted by atomic mass is 16.5. The molecular formula is C15H29NO2. The van der Waals surface area contributed by atoms with Crippen LogP contribution in [0.4, 0.5) is 0 Å². The summed E-state index contributed by atoms with van der Waals surface area (Å²) in [5, 5.41) is 0. The number of amides is 1. The van der Waals surface area contributed by atoms with Gasteiger partial charge in [-0.2, -0.15) is 0 Å². The molecule has 1 fully saturated rings. The summed E-state index contributed by atoms with van der Waals surface area (Å²) < 4.78 is 5.57. The minimum absolute atomic E-state index is 0.148. The molecular weight excluding hydrogens is 226 g/mol. The first-order valence-corrected chi connectivity index (χ1v) is 7.21. The lowest BCUT2D eigenvalue weighted by Crippen LogP contribution is -2.37. The zero-order chi connectivity index (χ0) is 13.8. The van der Waals surface area contributed by atoms with Gasteiger partial charge in [0.2, 0.25) is 5.91 Å². The lowest BCUT2D eigenvalue weighted by molar-refractivity contribution is -0.141. The molecule has 1 amide bonds. The van der Waals surface area contributed by atoms with Gasteiger partial charge in [-0.1, -0.05) is 13.8 Å². The van der Waals surface area contributed by atoms with Crippen LogP contribution in [0, 0.1) is 11.8 Å². The van der Waals surface area contributed by atoms with Crippen molar-refractivity contribution in [2.75, 3.05) is 19.7 Å². The maximum atomic E-state index is 12.1. The smallest absolute Gasteiger partial charge is 0.248 e. The average Bonchev–Trinajstić information content (AvgIpc) is 2.50.